The fourth-order valence-corrected chi connectivity index (χ4v) is 2.54. The van der Waals surface area contributed by atoms with E-state index in [4.69, 9.17) is 0 Å². The molecule has 12 nitrogen and oxygen atoms in total. The molecular formula is C13H21F3N4O8. The van der Waals surface area contributed by atoms with Crippen molar-refractivity contribution in [3.63, 3.8) is 0 Å². The predicted octanol–water partition coefficient (Wildman–Crippen LogP) is -4.18. The van der Waals surface area contributed by atoms with Gasteiger partial charge in [-0.1, -0.05) is 0 Å². The van der Waals surface area contributed by atoms with Gasteiger partial charge in [0.25, 0.3) is 0 Å². The summed E-state index contributed by atoms with van der Waals surface area (Å²) in [7, 11) is 1.19. The molecule has 0 unspecified atom stereocenters. The topological polar surface area (TPSA) is 184 Å². The van der Waals surface area contributed by atoms with Crippen LogP contribution in [0.25, 0.3) is 0 Å². The molecule has 1 saturated heterocycles. The molecule has 0 aliphatic carbocycles. The number of nitrogens with one attached hydrogen (secondary N) is 2. The quantitative estimate of drug-likeness (QED) is 0.134. The molecule has 1 aliphatic heterocycles. The minimum absolute atomic E-state index is 0.537. The zero-order valence-corrected chi connectivity index (χ0v) is 14.5. The van der Waals surface area contributed by atoms with Crippen LogP contribution in [-0.2, 0) is 14.4 Å². The Balaban J connectivity index is 2.89. The van der Waals surface area contributed by atoms with E-state index in [1.807, 2.05) is 0 Å². The van der Waals surface area contributed by atoms with Gasteiger partial charge >= 0.3 is 12.1 Å². The average molecular weight is 418 g/mol. The number of rotatable bonds is 4. The largest absolute Gasteiger partial charge is 0.493 e. The number of piperidine rings is 1. The maximum atomic E-state index is 12.4. The third-order valence-electron chi connectivity index (χ3n) is 3.95. The monoisotopic (exact) mass is 418 g/mol. The van der Waals surface area contributed by atoms with E-state index in [9.17, 15) is 48.3 Å². The smallest absolute Gasteiger partial charge is 0.394 e. The molecule has 15 heteroatoms. The van der Waals surface area contributed by atoms with Gasteiger partial charge in [0.05, 0.1) is 25.3 Å². The summed E-state index contributed by atoms with van der Waals surface area (Å²) in [5.41, 5.74) is 1.57. The maximum absolute atomic E-state index is 12.4. The van der Waals surface area contributed by atoms with Gasteiger partial charge < -0.3 is 40.6 Å². The van der Waals surface area contributed by atoms with Crippen molar-refractivity contribution in [3.8, 4) is 0 Å². The number of amides is 1. The number of aliphatic imine (C=N–C) groups is 1. The average Bonchev–Trinajstić information content (AvgIpc) is 2.64. The van der Waals surface area contributed by atoms with Gasteiger partial charge in [0.1, 0.15) is 24.9 Å². The van der Waals surface area contributed by atoms with Gasteiger partial charge in [0, 0.05) is 7.05 Å². The lowest BCUT2D eigenvalue weighted by Gasteiger charge is -2.48. The minimum Gasteiger partial charge on any atom is -0.394 e. The van der Waals surface area contributed by atoms with Gasteiger partial charge in [0.15, 0.2) is 0 Å². The molecule has 162 valence electrons. The number of halogens is 3. The van der Waals surface area contributed by atoms with Crippen LogP contribution < -0.4 is 10.8 Å². The fraction of sp³-hybridized carbons (Fsp3) is 0.769. The number of hydroxylamine groups is 1. The molecule has 0 aromatic heterocycles. The number of hydrogen-bond donors (Lipinski definition) is 7. The summed E-state index contributed by atoms with van der Waals surface area (Å²) in [4.78, 5) is 31.1. The number of hydrogen-bond acceptors (Lipinski definition) is 9. The van der Waals surface area contributed by atoms with Crippen LogP contribution >= 0.6 is 0 Å². The Bertz CT molecular complexity index is 573. The number of aliphatic hydroxyl groups is 5. The number of carbonyl (C=O) groups excluding carboxylic acids is 2. The number of guanidine groups is 1. The molecule has 0 aromatic rings. The van der Waals surface area contributed by atoms with E-state index in [2.05, 4.69) is 15.1 Å². The van der Waals surface area contributed by atoms with E-state index in [0.717, 1.165) is 4.90 Å². The Morgan fingerprint density at radius 1 is 1.07 bits per heavy atom. The lowest BCUT2D eigenvalue weighted by atomic mass is 9.88. The summed E-state index contributed by atoms with van der Waals surface area (Å²) in [5.74, 6) is -4.05. The van der Waals surface area contributed by atoms with Crippen molar-refractivity contribution in [1.82, 2.24) is 15.7 Å². The Labute approximate surface area is 156 Å². The van der Waals surface area contributed by atoms with Crippen molar-refractivity contribution in [3.05, 3.63) is 0 Å². The van der Waals surface area contributed by atoms with E-state index in [-0.39, 0.29) is 0 Å². The number of alkyl halides is 3. The van der Waals surface area contributed by atoms with Crippen molar-refractivity contribution in [1.29, 1.82) is 0 Å². The standard InChI is InChI=1S/C13H21F3N4O8/c1-17-12(19-28-11(27)13(14,15)16)18-2-7(23)20-5(3-21)8(24)10(26)9(25)6(20)4-22/h5-6,8-10,21-22,24-26H,2-4H2,1H3,(H2,17,18,19)/t5-,6-,8-,9+,10-/m1/s1. The molecule has 0 spiro atoms. The predicted molar refractivity (Wildman–Crippen MR) is 83.3 cm³/mol. The summed E-state index contributed by atoms with van der Waals surface area (Å²) < 4.78 is 36.2. The van der Waals surface area contributed by atoms with Gasteiger partial charge in [-0.3, -0.25) is 4.79 Å². The lowest BCUT2D eigenvalue weighted by molar-refractivity contribution is -0.204. The lowest BCUT2D eigenvalue weighted by Crippen LogP contribution is -2.69. The van der Waals surface area contributed by atoms with Crippen LogP contribution in [0.15, 0.2) is 4.99 Å². The second-order valence-electron chi connectivity index (χ2n) is 5.68. The highest BCUT2D eigenvalue weighted by atomic mass is 19.4. The molecule has 0 saturated carbocycles. The fourth-order valence-electron chi connectivity index (χ4n) is 2.54. The molecule has 0 bridgehead atoms. The number of nitrogens with zero attached hydrogens (tertiary/aromatic N) is 2. The van der Waals surface area contributed by atoms with Crippen LogP contribution in [0, 0.1) is 0 Å². The van der Waals surface area contributed by atoms with Crippen molar-refractivity contribution in [2.75, 3.05) is 26.8 Å². The van der Waals surface area contributed by atoms with Crippen molar-refractivity contribution in [2.24, 2.45) is 4.99 Å². The first-order valence-electron chi connectivity index (χ1n) is 7.82. The van der Waals surface area contributed by atoms with E-state index in [1.165, 1.54) is 7.05 Å². The Morgan fingerprint density at radius 2 is 1.57 bits per heavy atom. The molecule has 28 heavy (non-hydrogen) atoms. The van der Waals surface area contributed by atoms with Crippen LogP contribution in [0.3, 0.4) is 0 Å². The first-order chi connectivity index (χ1) is 13.0. The van der Waals surface area contributed by atoms with E-state index < -0.39 is 74.2 Å². The third-order valence-corrected chi connectivity index (χ3v) is 3.95. The summed E-state index contributed by atoms with van der Waals surface area (Å²) in [6.07, 6.45) is -10.5. The summed E-state index contributed by atoms with van der Waals surface area (Å²) in [6, 6.07) is -2.76. The summed E-state index contributed by atoms with van der Waals surface area (Å²) in [5, 5.41) is 50.6. The molecule has 1 heterocycles. The highest BCUT2D eigenvalue weighted by Gasteiger charge is 2.49. The molecule has 1 rings (SSSR count). The molecule has 1 fully saturated rings. The maximum Gasteiger partial charge on any atom is 0.493 e. The highest BCUT2D eigenvalue weighted by molar-refractivity contribution is 5.86. The SMILES string of the molecule is CNC(=NCC(=O)N1[C@H](CO)[C@H](O)[C@H](O)[C@H](O)[C@H]1CO)NOC(=O)C(F)(F)F. The Hall–Kier alpha value is -2.20. The first kappa shape index (κ1) is 23.8. The molecule has 1 amide bonds. The van der Waals surface area contributed by atoms with Gasteiger partial charge in [-0.25, -0.2) is 9.79 Å². The normalized spacial score (nSPS) is 28.7. The van der Waals surface area contributed by atoms with Gasteiger partial charge in [0.2, 0.25) is 11.9 Å². The van der Waals surface area contributed by atoms with E-state index in [1.54, 1.807) is 5.48 Å². The van der Waals surface area contributed by atoms with Crippen LogP contribution in [0.2, 0.25) is 0 Å². The van der Waals surface area contributed by atoms with Gasteiger partial charge in [-0.05, 0) is 0 Å². The molecule has 0 radical (unpaired) electrons. The zero-order valence-electron chi connectivity index (χ0n) is 14.5. The second-order valence-corrected chi connectivity index (χ2v) is 5.68. The summed E-state index contributed by atoms with van der Waals surface area (Å²) >= 11 is 0. The molecule has 5 atom stereocenters. The molecule has 1 aliphatic rings. The molecule has 0 aromatic carbocycles. The van der Waals surface area contributed by atoms with Crippen molar-refractivity contribution in [2.45, 2.75) is 36.6 Å². The Morgan fingerprint density at radius 3 is 1.96 bits per heavy atom. The van der Waals surface area contributed by atoms with Crippen molar-refractivity contribution >= 4 is 17.8 Å². The Kier molecular flexibility index (Phi) is 8.37. The van der Waals surface area contributed by atoms with Gasteiger partial charge in [-0.2, -0.15) is 18.7 Å². The molecular weight excluding hydrogens is 397 g/mol. The van der Waals surface area contributed by atoms with E-state index >= 15 is 0 Å². The second kappa shape index (κ2) is 9.83. The number of carbonyl (C=O) groups is 2. The number of aliphatic hydroxyl groups excluding tert-OH is 5. The third kappa shape index (κ3) is 5.41. The van der Waals surface area contributed by atoms with Crippen LogP contribution in [0.4, 0.5) is 13.2 Å². The van der Waals surface area contributed by atoms with Crippen LogP contribution in [-0.4, -0.2) is 112 Å². The van der Waals surface area contributed by atoms with E-state index in [0.29, 0.717) is 0 Å². The van der Waals surface area contributed by atoms with Crippen molar-refractivity contribution < 1.29 is 53.1 Å². The summed E-state index contributed by atoms with van der Waals surface area (Å²) in [6.45, 7) is -2.44. The molecule has 7 N–H and O–H groups in total. The van der Waals surface area contributed by atoms with Crippen LogP contribution in [0.1, 0.15) is 0 Å². The first-order valence-corrected chi connectivity index (χ1v) is 7.82. The zero-order chi connectivity index (χ0) is 21.6. The van der Waals surface area contributed by atoms with Crippen LogP contribution in [0.5, 0.6) is 0 Å². The number of likely N-dealkylation sites (tertiary alicyclic amines) is 1. The van der Waals surface area contributed by atoms with Gasteiger partial charge in [-0.15, -0.1) is 0 Å². The highest BCUT2D eigenvalue weighted by Crippen LogP contribution is 2.24. The minimum atomic E-state index is -5.26.